The van der Waals surface area contributed by atoms with Crippen molar-refractivity contribution in [2.75, 3.05) is 12.9 Å². The Labute approximate surface area is 120 Å². The molecule has 0 spiro atoms. The summed E-state index contributed by atoms with van der Waals surface area (Å²) in [6.07, 6.45) is 0. The minimum atomic E-state index is -0.0842. The number of rotatable bonds is 2. The first-order valence-corrected chi connectivity index (χ1v) is 7.47. The van der Waals surface area contributed by atoms with Gasteiger partial charge in [0.15, 0.2) is 5.78 Å². The summed E-state index contributed by atoms with van der Waals surface area (Å²) in [7, 11) is 1.63. The van der Waals surface area contributed by atoms with Crippen LogP contribution in [0.15, 0.2) is 23.8 Å². The molecule has 1 aliphatic rings. The van der Waals surface area contributed by atoms with Crippen LogP contribution in [0, 0.1) is 0 Å². The molecule has 1 aromatic carbocycles. The van der Waals surface area contributed by atoms with Gasteiger partial charge in [0.25, 0.3) is 0 Å². The van der Waals surface area contributed by atoms with Gasteiger partial charge in [0.05, 0.1) is 12.8 Å². The quantitative estimate of drug-likeness (QED) is 0.890. The Morgan fingerprint density at radius 3 is 2.90 bits per heavy atom. The van der Waals surface area contributed by atoms with Crippen LogP contribution < -0.4 is 4.74 Å². The Bertz CT molecular complexity index is 730. The van der Waals surface area contributed by atoms with Gasteiger partial charge in [-0.3, -0.25) is 4.79 Å². The van der Waals surface area contributed by atoms with E-state index in [9.17, 15) is 9.90 Å². The van der Waals surface area contributed by atoms with Crippen LogP contribution in [0.2, 0.25) is 0 Å². The van der Waals surface area contributed by atoms with E-state index < -0.39 is 0 Å². The number of hydrogen-bond acceptors (Lipinski definition) is 4. The molecule has 3 rings (SSSR count). The Hall–Kier alpha value is -1.88. The maximum Gasteiger partial charge on any atom is 0.160 e. The van der Waals surface area contributed by atoms with Gasteiger partial charge in [-0.05, 0) is 30.7 Å². The van der Waals surface area contributed by atoms with Gasteiger partial charge in [-0.1, -0.05) is 0 Å². The van der Waals surface area contributed by atoms with E-state index >= 15 is 0 Å². The molecule has 104 valence electrons. The Morgan fingerprint density at radius 2 is 2.20 bits per heavy atom. The van der Waals surface area contributed by atoms with E-state index in [0.29, 0.717) is 17.0 Å². The van der Waals surface area contributed by atoms with Crippen molar-refractivity contribution in [2.24, 2.45) is 0 Å². The Balaban J connectivity index is 2.26. The lowest BCUT2D eigenvalue weighted by Gasteiger charge is -2.02. The first-order valence-electron chi connectivity index (χ1n) is 6.31. The fourth-order valence-electron chi connectivity index (χ4n) is 2.45. The van der Waals surface area contributed by atoms with Crippen LogP contribution in [0.25, 0.3) is 16.7 Å². The zero-order valence-corrected chi connectivity index (χ0v) is 12.1. The first-order chi connectivity index (χ1) is 9.61. The second kappa shape index (κ2) is 4.90. The highest BCUT2D eigenvalue weighted by molar-refractivity contribution is 7.98. The van der Waals surface area contributed by atoms with Crippen molar-refractivity contribution >= 4 is 34.2 Å². The third-order valence-electron chi connectivity index (χ3n) is 3.55. The average molecular weight is 289 g/mol. The third-order valence-corrected chi connectivity index (χ3v) is 4.54. The number of ketones is 1. The predicted molar refractivity (Wildman–Crippen MR) is 81.2 cm³/mol. The molecule has 2 N–H and O–H groups in total. The molecule has 0 bridgehead atoms. The van der Waals surface area contributed by atoms with Crippen LogP contribution in [-0.4, -0.2) is 28.7 Å². The molecule has 0 unspecified atom stereocenters. The average Bonchev–Trinajstić information content (AvgIpc) is 2.71. The second-order valence-corrected chi connectivity index (χ2v) is 5.75. The standard InChI is InChI=1S/C15H15NO3S/c1-8(17)11-6-20-7-12-10-5-9(19-2)3-4-13(10)16-14(12)15(11)18/h3-5,16,18H,6-7H2,1-2H3. The predicted octanol–water partition coefficient (Wildman–Crippen LogP) is 3.28. The fourth-order valence-corrected chi connectivity index (χ4v) is 3.60. The molecule has 0 atom stereocenters. The fraction of sp³-hybridized carbons (Fsp3) is 0.267. The molecule has 0 aliphatic carbocycles. The number of hydrogen-bond donors (Lipinski definition) is 2. The lowest BCUT2D eigenvalue weighted by molar-refractivity contribution is -0.113. The van der Waals surface area contributed by atoms with E-state index in [-0.39, 0.29) is 11.5 Å². The van der Waals surface area contributed by atoms with Gasteiger partial charge >= 0.3 is 0 Å². The minimum absolute atomic E-state index is 0.0765. The van der Waals surface area contributed by atoms with Crippen molar-refractivity contribution in [1.29, 1.82) is 0 Å². The van der Waals surface area contributed by atoms with Gasteiger partial charge in [-0.25, -0.2) is 0 Å². The van der Waals surface area contributed by atoms with E-state index in [4.69, 9.17) is 4.74 Å². The number of aromatic amines is 1. The maximum atomic E-state index is 11.6. The molecule has 2 aromatic rings. The molecule has 20 heavy (non-hydrogen) atoms. The summed E-state index contributed by atoms with van der Waals surface area (Å²) < 4.78 is 5.25. The molecule has 0 saturated carbocycles. The monoisotopic (exact) mass is 289 g/mol. The lowest BCUT2D eigenvalue weighted by atomic mass is 10.1. The third kappa shape index (κ3) is 1.98. The molecule has 2 heterocycles. The summed E-state index contributed by atoms with van der Waals surface area (Å²) in [5, 5.41) is 11.4. The number of benzene rings is 1. The molecular formula is C15H15NO3S. The van der Waals surface area contributed by atoms with Crippen LogP contribution in [0.5, 0.6) is 5.75 Å². The van der Waals surface area contributed by atoms with E-state index in [2.05, 4.69) is 4.98 Å². The van der Waals surface area contributed by atoms with Crippen molar-refractivity contribution in [2.45, 2.75) is 12.7 Å². The van der Waals surface area contributed by atoms with E-state index in [1.807, 2.05) is 18.2 Å². The lowest BCUT2D eigenvalue weighted by Crippen LogP contribution is -2.03. The first kappa shape index (κ1) is 13.1. The molecule has 0 radical (unpaired) electrons. The van der Waals surface area contributed by atoms with Crippen molar-refractivity contribution < 1.29 is 14.6 Å². The number of ether oxygens (including phenoxy) is 1. The van der Waals surface area contributed by atoms with E-state index in [0.717, 1.165) is 28.0 Å². The number of fused-ring (bicyclic) bond motifs is 3. The topological polar surface area (TPSA) is 62.3 Å². The summed E-state index contributed by atoms with van der Waals surface area (Å²) in [6.45, 7) is 1.49. The Kier molecular flexibility index (Phi) is 3.22. The molecular weight excluding hydrogens is 274 g/mol. The molecule has 0 saturated heterocycles. The van der Waals surface area contributed by atoms with Crippen LogP contribution in [0.1, 0.15) is 18.2 Å². The number of H-pyrrole nitrogens is 1. The van der Waals surface area contributed by atoms with Gasteiger partial charge in [0.2, 0.25) is 0 Å². The highest BCUT2D eigenvalue weighted by Crippen LogP contribution is 2.36. The van der Waals surface area contributed by atoms with Gasteiger partial charge in [0.1, 0.15) is 11.5 Å². The molecule has 1 aromatic heterocycles. The number of carbonyl (C=O) groups excluding carboxylic acids is 1. The van der Waals surface area contributed by atoms with Gasteiger partial charge in [-0.2, -0.15) is 11.8 Å². The van der Waals surface area contributed by atoms with Crippen LogP contribution in [-0.2, 0) is 10.5 Å². The zero-order valence-electron chi connectivity index (χ0n) is 11.3. The van der Waals surface area contributed by atoms with Crippen molar-refractivity contribution in [3.63, 3.8) is 0 Å². The molecule has 0 fully saturated rings. The summed E-state index contributed by atoms with van der Waals surface area (Å²) >= 11 is 1.63. The molecule has 5 heteroatoms. The van der Waals surface area contributed by atoms with Gasteiger partial charge in [-0.15, -0.1) is 0 Å². The number of nitrogens with one attached hydrogen (secondary N) is 1. The zero-order chi connectivity index (χ0) is 14.3. The summed E-state index contributed by atoms with van der Waals surface area (Å²) in [5.41, 5.74) is 3.10. The largest absolute Gasteiger partial charge is 0.505 e. The number of aliphatic hydroxyl groups excluding tert-OH is 1. The van der Waals surface area contributed by atoms with E-state index in [1.165, 1.54) is 6.92 Å². The number of aliphatic hydroxyl groups is 1. The van der Waals surface area contributed by atoms with Gasteiger partial charge in [0, 0.05) is 28.0 Å². The normalized spacial score (nSPS) is 15.1. The molecule has 1 aliphatic heterocycles. The van der Waals surface area contributed by atoms with E-state index in [1.54, 1.807) is 18.9 Å². The number of aromatic nitrogens is 1. The highest BCUT2D eigenvalue weighted by Gasteiger charge is 2.23. The van der Waals surface area contributed by atoms with Crippen LogP contribution in [0.4, 0.5) is 0 Å². The van der Waals surface area contributed by atoms with Crippen molar-refractivity contribution in [3.05, 3.63) is 35.0 Å². The number of methoxy groups -OCH3 is 1. The Morgan fingerprint density at radius 1 is 1.40 bits per heavy atom. The summed E-state index contributed by atoms with van der Waals surface area (Å²) in [4.78, 5) is 14.8. The van der Waals surface area contributed by atoms with Crippen LogP contribution >= 0.6 is 11.8 Å². The second-order valence-electron chi connectivity index (χ2n) is 4.77. The van der Waals surface area contributed by atoms with Crippen molar-refractivity contribution in [1.82, 2.24) is 4.98 Å². The molecule has 0 amide bonds. The SMILES string of the molecule is COc1ccc2[nH]c3c(c2c1)CSCC(C(C)=O)=C3O. The number of thioether (sulfide) groups is 1. The van der Waals surface area contributed by atoms with Crippen LogP contribution in [0.3, 0.4) is 0 Å². The number of carbonyl (C=O) groups is 1. The minimum Gasteiger partial charge on any atom is -0.505 e. The van der Waals surface area contributed by atoms with Crippen molar-refractivity contribution in [3.8, 4) is 5.75 Å². The highest BCUT2D eigenvalue weighted by atomic mass is 32.2. The maximum absolute atomic E-state index is 11.6. The summed E-state index contributed by atoms with van der Waals surface area (Å²) in [6, 6.07) is 5.75. The smallest absolute Gasteiger partial charge is 0.160 e. The van der Waals surface area contributed by atoms with Gasteiger partial charge < -0.3 is 14.8 Å². The molecule has 4 nitrogen and oxygen atoms in total. The summed E-state index contributed by atoms with van der Waals surface area (Å²) in [5.74, 6) is 2.06. The number of Topliss-reactive ketones (excluding diaryl/α,β-unsaturated/α-hetero) is 1.